The van der Waals surface area contributed by atoms with E-state index in [-0.39, 0.29) is 5.56 Å². The lowest BCUT2D eigenvalue weighted by Gasteiger charge is -2.26. The first-order valence-corrected chi connectivity index (χ1v) is 10.4. The Hall–Kier alpha value is -3.06. The van der Waals surface area contributed by atoms with Crippen LogP contribution in [0.3, 0.4) is 0 Å². The SMILES string of the molecule is CCNC(=S)N(Cc1ccc(OC)cc1)Cc1cc2cc(OCC)ccc2[nH]c1=O. The topological polar surface area (TPSA) is 66.6 Å². The van der Waals surface area contributed by atoms with Crippen molar-refractivity contribution in [3.8, 4) is 11.5 Å². The smallest absolute Gasteiger partial charge is 0.253 e. The van der Waals surface area contributed by atoms with E-state index in [0.717, 1.165) is 28.0 Å². The van der Waals surface area contributed by atoms with Crippen molar-refractivity contribution in [1.82, 2.24) is 15.2 Å². The van der Waals surface area contributed by atoms with Gasteiger partial charge in [-0.2, -0.15) is 0 Å². The van der Waals surface area contributed by atoms with Crippen LogP contribution in [0, 0.1) is 0 Å². The molecule has 1 aromatic heterocycles. The zero-order valence-corrected chi connectivity index (χ0v) is 18.3. The number of thiocarbonyl (C=S) groups is 1. The van der Waals surface area contributed by atoms with Gasteiger partial charge in [0.2, 0.25) is 0 Å². The highest BCUT2D eigenvalue weighted by Gasteiger charge is 2.14. The number of nitrogens with zero attached hydrogens (tertiary/aromatic N) is 1. The molecule has 0 radical (unpaired) electrons. The van der Waals surface area contributed by atoms with E-state index in [9.17, 15) is 4.79 Å². The van der Waals surface area contributed by atoms with Gasteiger partial charge in [0.05, 0.1) is 20.3 Å². The Morgan fingerprint density at radius 2 is 1.80 bits per heavy atom. The van der Waals surface area contributed by atoms with Gasteiger partial charge in [-0.25, -0.2) is 0 Å². The van der Waals surface area contributed by atoms with Gasteiger partial charge < -0.3 is 24.7 Å². The summed E-state index contributed by atoms with van der Waals surface area (Å²) in [6, 6.07) is 15.4. The normalized spacial score (nSPS) is 10.6. The molecule has 6 nitrogen and oxygen atoms in total. The molecule has 0 saturated heterocycles. The number of aromatic nitrogens is 1. The third kappa shape index (κ3) is 5.30. The summed E-state index contributed by atoms with van der Waals surface area (Å²) in [5.74, 6) is 1.58. The zero-order valence-electron chi connectivity index (χ0n) is 17.5. The van der Waals surface area contributed by atoms with E-state index >= 15 is 0 Å². The number of hydrogen-bond donors (Lipinski definition) is 2. The standard InChI is InChI=1S/C23H27N3O3S/c1-4-24-23(30)26(14-16-6-8-19(28-3)9-7-16)15-18-12-17-13-20(29-5-2)10-11-21(17)25-22(18)27/h6-13H,4-5,14-15H2,1-3H3,(H,24,30)(H,25,27). The van der Waals surface area contributed by atoms with Crippen molar-refractivity contribution in [3.63, 3.8) is 0 Å². The fraction of sp³-hybridized carbons (Fsp3) is 0.304. The molecule has 0 amide bonds. The van der Waals surface area contributed by atoms with Crippen LogP contribution < -0.4 is 20.3 Å². The Morgan fingerprint density at radius 3 is 2.47 bits per heavy atom. The third-order valence-electron chi connectivity index (χ3n) is 4.71. The second-order valence-electron chi connectivity index (χ2n) is 6.85. The molecular formula is C23H27N3O3S. The van der Waals surface area contributed by atoms with Crippen molar-refractivity contribution in [2.45, 2.75) is 26.9 Å². The molecule has 0 unspecified atom stereocenters. The number of benzene rings is 2. The molecule has 0 bridgehead atoms. The number of nitrogens with one attached hydrogen (secondary N) is 2. The first-order valence-electron chi connectivity index (χ1n) is 9.98. The van der Waals surface area contributed by atoms with E-state index in [4.69, 9.17) is 21.7 Å². The number of rotatable bonds is 8. The number of H-pyrrole nitrogens is 1. The molecule has 3 rings (SSSR count). The maximum absolute atomic E-state index is 12.7. The molecule has 3 aromatic rings. The molecule has 158 valence electrons. The summed E-state index contributed by atoms with van der Waals surface area (Å²) in [6.07, 6.45) is 0. The highest BCUT2D eigenvalue weighted by atomic mass is 32.1. The average molecular weight is 426 g/mol. The lowest BCUT2D eigenvalue weighted by Crippen LogP contribution is -2.39. The molecule has 30 heavy (non-hydrogen) atoms. The molecule has 0 fully saturated rings. The van der Waals surface area contributed by atoms with E-state index in [2.05, 4.69) is 10.3 Å². The van der Waals surface area contributed by atoms with Gasteiger partial charge in [0.1, 0.15) is 11.5 Å². The second-order valence-corrected chi connectivity index (χ2v) is 7.23. The van der Waals surface area contributed by atoms with Crippen LogP contribution in [-0.4, -0.2) is 35.3 Å². The van der Waals surface area contributed by atoms with Gasteiger partial charge in [0, 0.05) is 29.6 Å². The van der Waals surface area contributed by atoms with Crippen LogP contribution in [0.1, 0.15) is 25.0 Å². The molecule has 0 saturated carbocycles. The highest BCUT2D eigenvalue weighted by Crippen LogP contribution is 2.20. The molecular weight excluding hydrogens is 398 g/mol. The van der Waals surface area contributed by atoms with E-state index < -0.39 is 0 Å². The first kappa shape index (κ1) is 21.6. The van der Waals surface area contributed by atoms with Crippen LogP contribution in [0.4, 0.5) is 0 Å². The van der Waals surface area contributed by atoms with Gasteiger partial charge in [-0.15, -0.1) is 0 Å². The van der Waals surface area contributed by atoms with Gasteiger partial charge >= 0.3 is 0 Å². The van der Waals surface area contributed by atoms with Gasteiger partial charge in [-0.3, -0.25) is 4.79 Å². The van der Waals surface area contributed by atoms with Crippen LogP contribution in [-0.2, 0) is 13.1 Å². The van der Waals surface area contributed by atoms with Gasteiger partial charge in [0.25, 0.3) is 5.56 Å². The summed E-state index contributed by atoms with van der Waals surface area (Å²) in [7, 11) is 1.64. The molecule has 2 aromatic carbocycles. The Labute approximate surface area is 181 Å². The van der Waals surface area contributed by atoms with Crippen LogP contribution in [0.2, 0.25) is 0 Å². The minimum atomic E-state index is -0.120. The molecule has 0 aliphatic heterocycles. The molecule has 7 heteroatoms. The van der Waals surface area contributed by atoms with Gasteiger partial charge in [-0.1, -0.05) is 12.1 Å². The molecule has 0 aliphatic rings. The molecule has 0 atom stereocenters. The summed E-state index contributed by atoms with van der Waals surface area (Å²) in [5.41, 5.74) is 2.38. The number of ether oxygens (including phenoxy) is 2. The van der Waals surface area contributed by atoms with Crippen molar-refractivity contribution in [3.05, 3.63) is 70.0 Å². The van der Waals surface area contributed by atoms with Crippen LogP contribution in [0.25, 0.3) is 10.9 Å². The summed E-state index contributed by atoms with van der Waals surface area (Å²) in [6.45, 7) is 6.21. The summed E-state index contributed by atoms with van der Waals surface area (Å²) in [4.78, 5) is 17.7. The Kier molecular flexibility index (Phi) is 7.30. The summed E-state index contributed by atoms with van der Waals surface area (Å²) < 4.78 is 10.8. The largest absolute Gasteiger partial charge is 0.497 e. The van der Waals surface area contributed by atoms with Gasteiger partial charge in [-0.05, 0) is 68.0 Å². The van der Waals surface area contributed by atoms with Crippen LogP contribution >= 0.6 is 12.2 Å². The van der Waals surface area contributed by atoms with E-state index in [1.165, 1.54) is 0 Å². The summed E-state index contributed by atoms with van der Waals surface area (Å²) >= 11 is 5.57. The zero-order chi connectivity index (χ0) is 21.5. The highest BCUT2D eigenvalue weighted by molar-refractivity contribution is 7.80. The number of hydrogen-bond acceptors (Lipinski definition) is 4. The predicted octanol–water partition coefficient (Wildman–Crippen LogP) is 3.83. The first-order chi connectivity index (χ1) is 14.5. The van der Waals surface area contributed by atoms with Crippen molar-refractivity contribution >= 4 is 28.2 Å². The number of fused-ring (bicyclic) bond motifs is 1. The third-order valence-corrected chi connectivity index (χ3v) is 5.12. The van der Waals surface area contributed by atoms with Crippen LogP contribution in [0.15, 0.2) is 53.3 Å². The maximum atomic E-state index is 12.7. The quantitative estimate of drug-likeness (QED) is 0.535. The number of methoxy groups -OCH3 is 1. The lowest BCUT2D eigenvalue weighted by molar-refractivity contribution is 0.340. The monoisotopic (exact) mass is 425 g/mol. The summed E-state index contributed by atoms with van der Waals surface area (Å²) in [5, 5.41) is 4.72. The second kappa shape index (κ2) is 10.1. The predicted molar refractivity (Wildman–Crippen MR) is 124 cm³/mol. The van der Waals surface area contributed by atoms with E-state index in [1.807, 2.05) is 67.3 Å². The maximum Gasteiger partial charge on any atom is 0.253 e. The fourth-order valence-corrected chi connectivity index (χ4v) is 3.50. The number of aromatic amines is 1. The molecule has 2 N–H and O–H groups in total. The van der Waals surface area contributed by atoms with E-state index in [1.54, 1.807) is 7.11 Å². The van der Waals surface area contributed by atoms with E-state index in [0.29, 0.717) is 36.9 Å². The molecule has 0 aliphatic carbocycles. The Bertz CT molecular complexity index is 1060. The average Bonchev–Trinajstić information content (AvgIpc) is 2.75. The van der Waals surface area contributed by atoms with Gasteiger partial charge in [0.15, 0.2) is 5.11 Å². The Balaban J connectivity index is 1.89. The fourth-order valence-electron chi connectivity index (χ4n) is 3.22. The molecule has 0 spiro atoms. The number of pyridine rings is 1. The minimum absolute atomic E-state index is 0.120. The van der Waals surface area contributed by atoms with Crippen LogP contribution in [0.5, 0.6) is 11.5 Å². The Morgan fingerprint density at radius 1 is 1.07 bits per heavy atom. The van der Waals surface area contributed by atoms with Crippen molar-refractivity contribution in [1.29, 1.82) is 0 Å². The lowest BCUT2D eigenvalue weighted by atomic mass is 10.1. The van der Waals surface area contributed by atoms with Crippen molar-refractivity contribution in [2.75, 3.05) is 20.3 Å². The molecule has 1 heterocycles. The minimum Gasteiger partial charge on any atom is -0.497 e. The van der Waals surface area contributed by atoms with Crippen molar-refractivity contribution < 1.29 is 9.47 Å². The van der Waals surface area contributed by atoms with Crippen molar-refractivity contribution in [2.24, 2.45) is 0 Å².